The first-order valence-electron chi connectivity index (χ1n) is 8.77. The second kappa shape index (κ2) is 8.63. The van der Waals surface area contributed by atoms with Crippen molar-refractivity contribution in [2.24, 2.45) is 0 Å². The van der Waals surface area contributed by atoms with E-state index in [0.29, 0.717) is 5.56 Å². The molecule has 0 spiro atoms. The largest absolute Gasteiger partial charge is 0.348 e. The van der Waals surface area contributed by atoms with E-state index >= 15 is 0 Å². The second-order valence-corrected chi connectivity index (χ2v) is 8.45. The van der Waals surface area contributed by atoms with Crippen molar-refractivity contribution in [2.75, 3.05) is 13.1 Å². The van der Waals surface area contributed by atoms with Crippen LogP contribution in [0.15, 0.2) is 47.4 Å². The Morgan fingerprint density at radius 3 is 2.37 bits per heavy atom. The van der Waals surface area contributed by atoms with E-state index < -0.39 is 15.9 Å². The zero-order valence-electron chi connectivity index (χ0n) is 16.0. The summed E-state index contributed by atoms with van der Waals surface area (Å²) in [6, 6.07) is 10.7. The number of nitrogens with zero attached hydrogens (tertiary/aromatic N) is 1. The van der Waals surface area contributed by atoms with Gasteiger partial charge in [-0.05, 0) is 55.7 Å². The van der Waals surface area contributed by atoms with Crippen molar-refractivity contribution in [3.05, 3.63) is 65.0 Å². The van der Waals surface area contributed by atoms with Gasteiger partial charge in [0.05, 0.1) is 17.5 Å². The van der Waals surface area contributed by atoms with E-state index in [2.05, 4.69) is 5.32 Å². The standard InChI is InChI=1S/C20H25FN2O3S/c1-5-23(27(25,26)19-12-14(2)6-7-15(19)3)13-20(24)22-16(4)17-8-10-18(21)11-9-17/h6-12,16H,5,13H2,1-4H3,(H,22,24). The quantitative estimate of drug-likeness (QED) is 0.786. The summed E-state index contributed by atoms with van der Waals surface area (Å²) >= 11 is 0. The number of benzene rings is 2. The first kappa shape index (κ1) is 21.1. The Kier molecular flexibility index (Phi) is 6.73. The van der Waals surface area contributed by atoms with Gasteiger partial charge in [-0.2, -0.15) is 4.31 Å². The van der Waals surface area contributed by atoms with Gasteiger partial charge in [-0.25, -0.2) is 12.8 Å². The van der Waals surface area contributed by atoms with Crippen molar-refractivity contribution in [1.29, 1.82) is 0 Å². The predicted octanol–water partition coefficient (Wildman–Crippen LogP) is 3.33. The Morgan fingerprint density at radius 1 is 1.15 bits per heavy atom. The third-order valence-corrected chi connectivity index (χ3v) is 6.44. The Morgan fingerprint density at radius 2 is 1.78 bits per heavy atom. The smallest absolute Gasteiger partial charge is 0.243 e. The number of likely N-dealkylation sites (N-methyl/N-ethyl adjacent to an activating group) is 1. The number of rotatable bonds is 7. The summed E-state index contributed by atoms with van der Waals surface area (Å²) in [5.41, 5.74) is 2.22. The summed E-state index contributed by atoms with van der Waals surface area (Å²) in [5.74, 6) is -0.767. The lowest BCUT2D eigenvalue weighted by Gasteiger charge is -2.23. The highest BCUT2D eigenvalue weighted by Crippen LogP contribution is 2.21. The first-order chi connectivity index (χ1) is 12.6. The van der Waals surface area contributed by atoms with E-state index in [1.54, 1.807) is 45.0 Å². The van der Waals surface area contributed by atoms with Gasteiger partial charge in [0.2, 0.25) is 15.9 Å². The van der Waals surface area contributed by atoms with Crippen molar-refractivity contribution < 1.29 is 17.6 Å². The summed E-state index contributed by atoms with van der Waals surface area (Å²) in [7, 11) is -3.78. The number of sulfonamides is 1. The summed E-state index contributed by atoms with van der Waals surface area (Å²) in [5, 5.41) is 2.76. The molecule has 146 valence electrons. The van der Waals surface area contributed by atoms with Crippen molar-refractivity contribution in [1.82, 2.24) is 9.62 Å². The lowest BCUT2D eigenvalue weighted by atomic mass is 10.1. The minimum atomic E-state index is -3.78. The highest BCUT2D eigenvalue weighted by Gasteiger charge is 2.27. The normalized spacial score (nSPS) is 12.8. The lowest BCUT2D eigenvalue weighted by Crippen LogP contribution is -2.41. The Hall–Kier alpha value is -2.25. The third-order valence-electron chi connectivity index (χ3n) is 4.38. The molecule has 0 fully saturated rings. The third kappa shape index (κ3) is 5.14. The van der Waals surface area contributed by atoms with Gasteiger partial charge >= 0.3 is 0 Å². The van der Waals surface area contributed by atoms with Gasteiger partial charge in [0, 0.05) is 6.54 Å². The molecular weight excluding hydrogens is 367 g/mol. The molecule has 2 aromatic carbocycles. The summed E-state index contributed by atoms with van der Waals surface area (Å²) in [6.45, 7) is 6.91. The molecule has 2 aromatic rings. The molecule has 0 heterocycles. The maximum Gasteiger partial charge on any atom is 0.243 e. The van der Waals surface area contributed by atoms with Crippen LogP contribution in [0.4, 0.5) is 4.39 Å². The molecule has 5 nitrogen and oxygen atoms in total. The minimum absolute atomic E-state index is 0.175. The van der Waals surface area contributed by atoms with Crippen LogP contribution in [0.3, 0.4) is 0 Å². The van der Waals surface area contributed by atoms with E-state index in [9.17, 15) is 17.6 Å². The average Bonchev–Trinajstić information content (AvgIpc) is 2.61. The Labute approximate surface area is 160 Å². The van der Waals surface area contributed by atoms with Crippen LogP contribution in [-0.4, -0.2) is 31.7 Å². The van der Waals surface area contributed by atoms with Crippen LogP contribution < -0.4 is 5.32 Å². The van der Waals surface area contributed by atoms with Crippen LogP contribution >= 0.6 is 0 Å². The van der Waals surface area contributed by atoms with Crippen molar-refractivity contribution >= 4 is 15.9 Å². The summed E-state index contributed by atoms with van der Waals surface area (Å²) in [4.78, 5) is 12.6. The molecular formula is C20H25FN2O3S. The molecule has 0 bridgehead atoms. The summed E-state index contributed by atoms with van der Waals surface area (Å²) < 4.78 is 40.1. The molecule has 27 heavy (non-hydrogen) atoms. The zero-order valence-corrected chi connectivity index (χ0v) is 16.8. The fourth-order valence-electron chi connectivity index (χ4n) is 2.77. The molecule has 0 aliphatic carbocycles. The molecule has 0 radical (unpaired) electrons. The van der Waals surface area contributed by atoms with E-state index in [4.69, 9.17) is 0 Å². The van der Waals surface area contributed by atoms with Crippen molar-refractivity contribution in [3.63, 3.8) is 0 Å². The maximum absolute atomic E-state index is 13.0. The van der Waals surface area contributed by atoms with Gasteiger partial charge in [-0.3, -0.25) is 4.79 Å². The fraction of sp³-hybridized carbons (Fsp3) is 0.350. The first-order valence-corrected chi connectivity index (χ1v) is 10.2. The van der Waals surface area contributed by atoms with Gasteiger partial charge in [-0.15, -0.1) is 0 Å². The molecule has 0 saturated carbocycles. The Balaban J connectivity index is 2.14. The molecule has 1 amide bonds. The highest BCUT2D eigenvalue weighted by atomic mass is 32.2. The number of aryl methyl sites for hydroxylation is 2. The maximum atomic E-state index is 13.0. The number of hydrogen-bond donors (Lipinski definition) is 1. The fourth-order valence-corrected chi connectivity index (χ4v) is 4.49. The molecule has 0 aliphatic rings. The monoisotopic (exact) mass is 392 g/mol. The zero-order chi connectivity index (χ0) is 20.2. The van der Waals surface area contributed by atoms with Crippen LogP contribution in [-0.2, 0) is 14.8 Å². The molecule has 1 unspecified atom stereocenters. The predicted molar refractivity (Wildman–Crippen MR) is 103 cm³/mol. The van der Waals surface area contributed by atoms with Crippen LogP contribution in [0.2, 0.25) is 0 Å². The molecule has 0 aromatic heterocycles. The van der Waals surface area contributed by atoms with Gasteiger partial charge in [0.15, 0.2) is 0 Å². The minimum Gasteiger partial charge on any atom is -0.348 e. The van der Waals surface area contributed by atoms with E-state index in [-0.39, 0.29) is 29.8 Å². The number of hydrogen-bond acceptors (Lipinski definition) is 3. The second-order valence-electron chi connectivity index (χ2n) is 6.54. The molecule has 2 rings (SSSR count). The number of halogens is 1. The molecule has 7 heteroatoms. The molecule has 1 atom stereocenters. The highest BCUT2D eigenvalue weighted by molar-refractivity contribution is 7.89. The van der Waals surface area contributed by atoms with Gasteiger partial charge in [0.1, 0.15) is 5.82 Å². The van der Waals surface area contributed by atoms with Crippen LogP contribution in [0, 0.1) is 19.7 Å². The van der Waals surface area contributed by atoms with Gasteiger partial charge < -0.3 is 5.32 Å². The van der Waals surface area contributed by atoms with Gasteiger partial charge in [-0.1, -0.05) is 31.2 Å². The molecule has 0 saturated heterocycles. The number of amides is 1. The van der Waals surface area contributed by atoms with Crippen molar-refractivity contribution in [3.8, 4) is 0 Å². The average molecular weight is 392 g/mol. The summed E-state index contributed by atoms with van der Waals surface area (Å²) in [6.07, 6.45) is 0. The number of nitrogens with one attached hydrogen (secondary N) is 1. The molecule has 0 aliphatic heterocycles. The topological polar surface area (TPSA) is 66.5 Å². The van der Waals surface area contributed by atoms with Gasteiger partial charge in [0.25, 0.3) is 0 Å². The van der Waals surface area contributed by atoms with E-state index in [0.717, 1.165) is 15.4 Å². The number of carbonyl (C=O) groups is 1. The lowest BCUT2D eigenvalue weighted by molar-refractivity contribution is -0.121. The Bertz CT molecular complexity index is 911. The van der Waals surface area contributed by atoms with Crippen LogP contribution in [0.1, 0.15) is 36.6 Å². The van der Waals surface area contributed by atoms with Crippen molar-refractivity contribution in [2.45, 2.75) is 38.6 Å². The van der Waals surface area contributed by atoms with Crippen LogP contribution in [0.5, 0.6) is 0 Å². The molecule has 1 N–H and O–H groups in total. The van der Waals surface area contributed by atoms with E-state index in [1.165, 1.54) is 12.1 Å². The van der Waals surface area contributed by atoms with Crippen LogP contribution in [0.25, 0.3) is 0 Å². The SMILES string of the molecule is CCN(CC(=O)NC(C)c1ccc(F)cc1)S(=O)(=O)c1cc(C)ccc1C. The number of carbonyl (C=O) groups excluding carboxylic acids is 1. The van der Waals surface area contributed by atoms with E-state index in [1.807, 2.05) is 13.0 Å².